The minimum atomic E-state index is -0.501. The maximum Gasteiger partial charge on any atom is 0.161 e. The van der Waals surface area contributed by atoms with E-state index in [0.717, 1.165) is 0 Å². The van der Waals surface area contributed by atoms with Gasteiger partial charge < -0.3 is 14.7 Å². The molecule has 1 N–H and O–H groups in total. The third-order valence-corrected chi connectivity index (χ3v) is 2.80. The third kappa shape index (κ3) is 2.38. The quantitative estimate of drug-likeness (QED) is 0.833. The minimum Gasteiger partial charge on any atom is -0.391 e. The number of halogens is 1. The van der Waals surface area contributed by atoms with Crippen LogP contribution in [0.15, 0.2) is 18.2 Å². The Morgan fingerprint density at radius 3 is 3.12 bits per heavy atom. The van der Waals surface area contributed by atoms with Gasteiger partial charge in [0.25, 0.3) is 0 Å². The Morgan fingerprint density at radius 1 is 1.59 bits per heavy atom. The molecule has 90 valence electrons. The minimum absolute atomic E-state index is 0.270. The Balaban J connectivity index is 2.28. The molecule has 1 atom stereocenters. The van der Waals surface area contributed by atoms with Gasteiger partial charge in [-0.05, 0) is 12.1 Å². The van der Waals surface area contributed by atoms with Crippen LogP contribution in [0.1, 0.15) is 5.56 Å². The predicted octanol–water partition coefficient (Wildman–Crippen LogP) is 1.05. The summed E-state index contributed by atoms with van der Waals surface area (Å²) in [6.45, 7) is 1.07. The Labute approximate surface area is 98.8 Å². The van der Waals surface area contributed by atoms with Crippen molar-refractivity contribution in [3.63, 3.8) is 0 Å². The number of aliphatic hydroxyl groups excluding tert-OH is 1. The molecule has 1 saturated heterocycles. The lowest BCUT2D eigenvalue weighted by atomic mass is 10.1. The summed E-state index contributed by atoms with van der Waals surface area (Å²) in [6, 6.07) is 6.69. The number of nitrogens with zero attached hydrogens (tertiary/aromatic N) is 2. The number of hydrogen-bond donors (Lipinski definition) is 1. The molecule has 0 amide bonds. The molecule has 0 bridgehead atoms. The number of aliphatic hydroxyl groups is 1. The molecule has 17 heavy (non-hydrogen) atoms. The van der Waals surface area contributed by atoms with Crippen LogP contribution in [0.4, 0.5) is 10.1 Å². The molecule has 1 heterocycles. The third-order valence-electron chi connectivity index (χ3n) is 2.80. The van der Waals surface area contributed by atoms with E-state index in [-0.39, 0.29) is 12.2 Å². The van der Waals surface area contributed by atoms with Crippen molar-refractivity contribution in [2.75, 3.05) is 24.6 Å². The van der Waals surface area contributed by atoms with Gasteiger partial charge in [0.15, 0.2) is 6.10 Å². The van der Waals surface area contributed by atoms with Crippen LogP contribution in [0.5, 0.6) is 0 Å². The highest BCUT2D eigenvalue weighted by Crippen LogP contribution is 2.25. The van der Waals surface area contributed by atoms with Crippen molar-refractivity contribution in [2.24, 2.45) is 0 Å². The fraction of sp³-hybridized carbons (Fsp3) is 0.417. The number of morpholine rings is 1. The van der Waals surface area contributed by atoms with Crippen LogP contribution < -0.4 is 4.90 Å². The summed E-state index contributed by atoms with van der Waals surface area (Å²) in [5, 5.41) is 18.0. The highest BCUT2D eigenvalue weighted by molar-refractivity contribution is 5.54. The molecule has 0 spiro atoms. The van der Waals surface area contributed by atoms with Gasteiger partial charge in [0.1, 0.15) is 5.82 Å². The monoisotopic (exact) mass is 236 g/mol. The predicted molar refractivity (Wildman–Crippen MR) is 59.9 cm³/mol. The number of rotatable bonds is 2. The smallest absolute Gasteiger partial charge is 0.161 e. The number of benzene rings is 1. The van der Waals surface area contributed by atoms with Crippen molar-refractivity contribution in [1.82, 2.24) is 0 Å². The Kier molecular flexibility index (Phi) is 3.57. The van der Waals surface area contributed by atoms with Gasteiger partial charge in [-0.15, -0.1) is 0 Å². The molecule has 1 aliphatic heterocycles. The summed E-state index contributed by atoms with van der Waals surface area (Å²) >= 11 is 0. The van der Waals surface area contributed by atoms with Crippen LogP contribution in [0, 0.1) is 17.1 Å². The van der Waals surface area contributed by atoms with E-state index in [4.69, 9.17) is 10.00 Å². The lowest BCUT2D eigenvalue weighted by molar-refractivity contribution is 0.0762. The maximum atomic E-state index is 13.5. The molecule has 1 unspecified atom stereocenters. The summed E-state index contributed by atoms with van der Waals surface area (Å²) in [6.07, 6.45) is -0.501. The molecule has 0 radical (unpaired) electrons. The molecule has 1 fully saturated rings. The van der Waals surface area contributed by atoms with Crippen molar-refractivity contribution < 1.29 is 14.2 Å². The topological polar surface area (TPSA) is 56.5 Å². The van der Waals surface area contributed by atoms with E-state index >= 15 is 0 Å². The zero-order valence-corrected chi connectivity index (χ0v) is 9.27. The van der Waals surface area contributed by atoms with Gasteiger partial charge in [-0.25, -0.2) is 4.39 Å². The first-order chi connectivity index (χ1) is 8.26. The second-order valence-electron chi connectivity index (χ2n) is 3.83. The van der Waals surface area contributed by atoms with E-state index in [1.54, 1.807) is 12.1 Å². The summed E-state index contributed by atoms with van der Waals surface area (Å²) in [4.78, 5) is 1.87. The molecule has 0 aromatic heterocycles. The van der Waals surface area contributed by atoms with Crippen molar-refractivity contribution in [3.8, 4) is 6.07 Å². The van der Waals surface area contributed by atoms with E-state index in [9.17, 15) is 9.50 Å². The molecule has 1 aromatic rings. The van der Waals surface area contributed by atoms with Gasteiger partial charge >= 0.3 is 0 Å². The second-order valence-corrected chi connectivity index (χ2v) is 3.83. The molecule has 2 rings (SSSR count). The van der Waals surface area contributed by atoms with E-state index in [0.29, 0.717) is 25.4 Å². The van der Waals surface area contributed by atoms with Gasteiger partial charge in [-0.2, -0.15) is 5.26 Å². The zero-order chi connectivity index (χ0) is 12.3. The number of hydrogen-bond acceptors (Lipinski definition) is 4. The van der Waals surface area contributed by atoms with Crippen LogP contribution >= 0.6 is 0 Å². The van der Waals surface area contributed by atoms with Crippen LogP contribution in [-0.4, -0.2) is 30.9 Å². The average molecular weight is 236 g/mol. The largest absolute Gasteiger partial charge is 0.391 e. The van der Waals surface area contributed by atoms with Crippen LogP contribution in [0.2, 0.25) is 0 Å². The van der Waals surface area contributed by atoms with Crippen molar-refractivity contribution >= 4 is 5.69 Å². The number of anilines is 1. The molecule has 0 aliphatic carbocycles. The number of nitriles is 1. The molecule has 1 aliphatic rings. The summed E-state index contributed by atoms with van der Waals surface area (Å²) in [7, 11) is 0. The van der Waals surface area contributed by atoms with Crippen LogP contribution in [0.3, 0.4) is 0 Å². The van der Waals surface area contributed by atoms with Crippen molar-refractivity contribution in [1.29, 1.82) is 5.26 Å². The van der Waals surface area contributed by atoms with Gasteiger partial charge in [0.05, 0.1) is 25.8 Å². The van der Waals surface area contributed by atoms with Gasteiger partial charge in [0, 0.05) is 17.8 Å². The Hall–Kier alpha value is -1.64. The fourth-order valence-electron chi connectivity index (χ4n) is 1.95. The molecular formula is C12H13FN2O2. The maximum absolute atomic E-state index is 13.5. The normalized spacial score (nSPS) is 20.1. The molecule has 5 heteroatoms. The highest BCUT2D eigenvalue weighted by atomic mass is 19.1. The van der Waals surface area contributed by atoms with Crippen molar-refractivity contribution in [3.05, 3.63) is 29.6 Å². The van der Waals surface area contributed by atoms with Crippen LogP contribution in [-0.2, 0) is 11.3 Å². The van der Waals surface area contributed by atoms with E-state index in [2.05, 4.69) is 0 Å². The Morgan fingerprint density at radius 2 is 2.41 bits per heavy atom. The van der Waals surface area contributed by atoms with Gasteiger partial charge in [0.2, 0.25) is 0 Å². The van der Waals surface area contributed by atoms with Crippen molar-refractivity contribution in [2.45, 2.75) is 12.7 Å². The molecular weight excluding hydrogens is 223 g/mol. The number of ether oxygens (including phenoxy) is 1. The lowest BCUT2D eigenvalue weighted by Crippen LogP contribution is -2.42. The first-order valence-electron chi connectivity index (χ1n) is 5.40. The standard InChI is InChI=1S/C12H13FN2O2/c13-11-2-1-3-12(10(11)8-16)15-4-5-17-9(6-14)7-15/h1-3,9,16H,4-5,7-8H2. The first kappa shape index (κ1) is 11.8. The Bertz CT molecular complexity index is 445. The summed E-state index contributed by atoms with van der Waals surface area (Å²) in [5.74, 6) is -0.426. The second kappa shape index (κ2) is 5.13. The summed E-state index contributed by atoms with van der Waals surface area (Å²) in [5.41, 5.74) is 0.905. The summed E-state index contributed by atoms with van der Waals surface area (Å²) < 4.78 is 18.7. The van der Waals surface area contributed by atoms with Gasteiger partial charge in [-0.3, -0.25) is 0 Å². The SMILES string of the molecule is N#CC1CN(c2cccc(F)c2CO)CCO1. The fourth-order valence-corrected chi connectivity index (χ4v) is 1.95. The van der Waals surface area contributed by atoms with Crippen LogP contribution in [0.25, 0.3) is 0 Å². The molecule has 4 nitrogen and oxygen atoms in total. The first-order valence-corrected chi connectivity index (χ1v) is 5.40. The average Bonchev–Trinajstić information content (AvgIpc) is 2.38. The van der Waals surface area contributed by atoms with E-state index in [1.807, 2.05) is 11.0 Å². The molecule has 0 saturated carbocycles. The van der Waals surface area contributed by atoms with Gasteiger partial charge in [-0.1, -0.05) is 6.07 Å². The zero-order valence-electron chi connectivity index (χ0n) is 9.27. The highest BCUT2D eigenvalue weighted by Gasteiger charge is 2.22. The van der Waals surface area contributed by atoms with E-state index < -0.39 is 11.9 Å². The van der Waals surface area contributed by atoms with E-state index in [1.165, 1.54) is 6.07 Å². The lowest BCUT2D eigenvalue weighted by Gasteiger charge is -2.32. The molecule has 1 aromatic carbocycles.